The fourth-order valence-electron chi connectivity index (χ4n) is 2.90. The van der Waals surface area contributed by atoms with E-state index in [1.165, 1.54) is 11.3 Å². The summed E-state index contributed by atoms with van der Waals surface area (Å²) in [6, 6.07) is 9.68. The molecule has 8 heteroatoms. The van der Waals surface area contributed by atoms with Crippen molar-refractivity contribution in [2.75, 3.05) is 0 Å². The molecule has 0 radical (unpaired) electrons. The van der Waals surface area contributed by atoms with Crippen molar-refractivity contribution in [3.63, 3.8) is 0 Å². The minimum absolute atomic E-state index is 0.582. The molecule has 0 fully saturated rings. The normalized spacial score (nSPS) is 11.1. The number of nitrogens with zero attached hydrogens (tertiary/aromatic N) is 7. The average molecular weight is 371 g/mol. The Morgan fingerprint density at radius 3 is 2.63 bits per heavy atom. The third kappa shape index (κ3) is 2.76. The molecule has 0 aliphatic carbocycles. The highest BCUT2D eigenvalue weighted by Gasteiger charge is 2.17. The molecule has 0 aliphatic rings. The van der Waals surface area contributed by atoms with E-state index in [0.29, 0.717) is 11.5 Å². The van der Waals surface area contributed by atoms with Crippen molar-refractivity contribution in [3.8, 4) is 32.8 Å². The molecule has 5 aromatic heterocycles. The van der Waals surface area contributed by atoms with Crippen LogP contribution in [0.3, 0.4) is 0 Å². The molecule has 27 heavy (non-hydrogen) atoms. The number of rotatable bonds is 3. The summed E-state index contributed by atoms with van der Waals surface area (Å²) in [5.41, 5.74) is 3.47. The summed E-state index contributed by atoms with van der Waals surface area (Å²) in [6.45, 7) is 0. The summed E-state index contributed by atoms with van der Waals surface area (Å²) in [7, 11) is 2.00. The van der Waals surface area contributed by atoms with E-state index in [-0.39, 0.29) is 0 Å². The van der Waals surface area contributed by atoms with Crippen molar-refractivity contribution in [2.24, 2.45) is 7.05 Å². The molecule has 7 nitrogen and oxygen atoms in total. The van der Waals surface area contributed by atoms with Crippen molar-refractivity contribution in [3.05, 3.63) is 61.3 Å². The van der Waals surface area contributed by atoms with Gasteiger partial charge in [0.2, 0.25) is 0 Å². The van der Waals surface area contributed by atoms with Crippen LogP contribution in [0, 0.1) is 0 Å². The SMILES string of the molecule is Cn1ccc2c(-c3nnc(-c4cccnc4)s3)nc(-c3ncccn3)cc21. The van der Waals surface area contributed by atoms with Gasteiger partial charge in [-0.15, -0.1) is 10.2 Å². The quantitative estimate of drug-likeness (QED) is 0.482. The van der Waals surface area contributed by atoms with Gasteiger partial charge in [0.15, 0.2) is 10.8 Å². The zero-order valence-corrected chi connectivity index (χ0v) is 15.1. The van der Waals surface area contributed by atoms with E-state index >= 15 is 0 Å². The van der Waals surface area contributed by atoms with Crippen LogP contribution in [0.15, 0.2) is 61.3 Å². The van der Waals surface area contributed by atoms with Crippen LogP contribution in [0.25, 0.3) is 43.7 Å². The molecule has 5 aromatic rings. The Kier molecular flexibility index (Phi) is 3.68. The van der Waals surface area contributed by atoms with Gasteiger partial charge in [-0.1, -0.05) is 11.3 Å². The molecule has 0 N–H and O–H groups in total. The maximum atomic E-state index is 4.82. The molecule has 0 spiro atoms. The maximum absolute atomic E-state index is 4.82. The van der Waals surface area contributed by atoms with Crippen molar-refractivity contribution >= 4 is 22.2 Å². The van der Waals surface area contributed by atoms with Crippen LogP contribution in [0.4, 0.5) is 0 Å². The third-order valence-electron chi connectivity index (χ3n) is 4.21. The van der Waals surface area contributed by atoms with Gasteiger partial charge in [-0.25, -0.2) is 15.0 Å². The molecular weight excluding hydrogens is 358 g/mol. The lowest BCUT2D eigenvalue weighted by Gasteiger charge is -2.05. The predicted molar refractivity (Wildman–Crippen MR) is 104 cm³/mol. The molecule has 0 aliphatic heterocycles. The summed E-state index contributed by atoms with van der Waals surface area (Å²) in [4.78, 5) is 17.6. The van der Waals surface area contributed by atoms with E-state index in [1.807, 2.05) is 37.5 Å². The van der Waals surface area contributed by atoms with Crippen LogP contribution in [0.2, 0.25) is 0 Å². The maximum Gasteiger partial charge on any atom is 0.178 e. The van der Waals surface area contributed by atoms with E-state index in [1.54, 1.807) is 30.9 Å². The minimum Gasteiger partial charge on any atom is -0.350 e. The van der Waals surface area contributed by atoms with E-state index < -0.39 is 0 Å². The Bertz CT molecular complexity index is 1230. The Hall–Kier alpha value is -3.52. The van der Waals surface area contributed by atoms with Crippen molar-refractivity contribution < 1.29 is 0 Å². The van der Waals surface area contributed by atoms with Crippen molar-refractivity contribution in [1.29, 1.82) is 0 Å². The summed E-state index contributed by atoms with van der Waals surface area (Å²) in [5.74, 6) is 0.582. The molecular formula is C19H13N7S. The second-order valence-corrected chi connectivity index (χ2v) is 6.92. The monoisotopic (exact) mass is 371 g/mol. The van der Waals surface area contributed by atoms with Crippen molar-refractivity contribution in [1.82, 2.24) is 34.7 Å². The van der Waals surface area contributed by atoms with Crippen LogP contribution >= 0.6 is 11.3 Å². The molecule has 0 saturated heterocycles. The second-order valence-electron chi connectivity index (χ2n) is 5.94. The lowest BCUT2D eigenvalue weighted by atomic mass is 10.2. The van der Waals surface area contributed by atoms with Crippen LogP contribution in [-0.4, -0.2) is 34.7 Å². The Balaban J connectivity index is 1.70. The van der Waals surface area contributed by atoms with E-state index in [9.17, 15) is 0 Å². The largest absolute Gasteiger partial charge is 0.350 e. The molecule has 0 aromatic carbocycles. The average Bonchev–Trinajstić information content (AvgIpc) is 3.36. The van der Waals surface area contributed by atoms with Gasteiger partial charge in [0, 0.05) is 49.0 Å². The molecule has 0 unspecified atom stereocenters. The zero-order chi connectivity index (χ0) is 18.2. The lowest BCUT2D eigenvalue weighted by Crippen LogP contribution is -1.95. The summed E-state index contributed by atoms with van der Waals surface area (Å²) in [6.07, 6.45) is 8.96. The van der Waals surface area contributed by atoms with E-state index in [4.69, 9.17) is 4.98 Å². The number of aromatic nitrogens is 7. The number of hydrogen-bond donors (Lipinski definition) is 0. The molecule has 0 atom stereocenters. The number of pyridine rings is 2. The van der Waals surface area contributed by atoms with E-state index in [2.05, 4.69) is 29.7 Å². The first-order valence-corrected chi connectivity index (χ1v) is 9.09. The van der Waals surface area contributed by atoms with Crippen LogP contribution in [-0.2, 0) is 7.05 Å². The predicted octanol–water partition coefficient (Wildman–Crippen LogP) is 3.61. The summed E-state index contributed by atoms with van der Waals surface area (Å²) in [5, 5.41) is 11.3. The van der Waals surface area contributed by atoms with Gasteiger partial charge in [-0.3, -0.25) is 4.98 Å². The number of fused-ring (bicyclic) bond motifs is 1. The fourth-order valence-corrected chi connectivity index (χ4v) is 3.74. The summed E-state index contributed by atoms with van der Waals surface area (Å²) >= 11 is 1.49. The first-order chi connectivity index (χ1) is 13.3. The molecule has 5 heterocycles. The van der Waals surface area contributed by atoms with Gasteiger partial charge in [0.05, 0.1) is 5.52 Å². The Labute approximate surface area is 158 Å². The highest BCUT2D eigenvalue weighted by atomic mass is 32.1. The Morgan fingerprint density at radius 1 is 0.963 bits per heavy atom. The van der Waals surface area contributed by atoms with Crippen molar-refractivity contribution in [2.45, 2.75) is 0 Å². The van der Waals surface area contributed by atoms with Gasteiger partial charge >= 0.3 is 0 Å². The number of hydrogen-bond acceptors (Lipinski definition) is 7. The third-order valence-corrected chi connectivity index (χ3v) is 5.19. The first-order valence-electron chi connectivity index (χ1n) is 8.27. The molecule has 130 valence electrons. The zero-order valence-electron chi connectivity index (χ0n) is 14.3. The van der Waals surface area contributed by atoms with Gasteiger partial charge in [0.1, 0.15) is 16.4 Å². The van der Waals surface area contributed by atoms with Gasteiger partial charge < -0.3 is 4.57 Å². The van der Waals surface area contributed by atoms with Crippen LogP contribution in [0.1, 0.15) is 0 Å². The fraction of sp³-hybridized carbons (Fsp3) is 0.0526. The van der Waals surface area contributed by atoms with Gasteiger partial charge in [0.25, 0.3) is 0 Å². The lowest BCUT2D eigenvalue weighted by molar-refractivity contribution is 0.968. The van der Waals surface area contributed by atoms with Gasteiger partial charge in [-0.2, -0.15) is 0 Å². The summed E-state index contributed by atoms with van der Waals surface area (Å²) < 4.78 is 2.05. The highest BCUT2D eigenvalue weighted by molar-refractivity contribution is 7.18. The first kappa shape index (κ1) is 15.7. The molecule has 0 saturated carbocycles. The van der Waals surface area contributed by atoms with Crippen LogP contribution in [0.5, 0.6) is 0 Å². The molecule has 0 amide bonds. The van der Waals surface area contributed by atoms with E-state index in [0.717, 1.165) is 32.2 Å². The minimum atomic E-state index is 0.582. The Morgan fingerprint density at radius 2 is 1.81 bits per heavy atom. The molecule has 0 bridgehead atoms. The van der Waals surface area contributed by atoms with Crippen LogP contribution < -0.4 is 0 Å². The second kappa shape index (κ2) is 6.33. The van der Waals surface area contributed by atoms with Gasteiger partial charge in [-0.05, 0) is 30.3 Å². The topological polar surface area (TPSA) is 82.3 Å². The highest BCUT2D eigenvalue weighted by Crippen LogP contribution is 2.34. The smallest absolute Gasteiger partial charge is 0.178 e. The molecule has 5 rings (SSSR count). The standard InChI is InChI=1S/C19H13N7S/c1-26-9-5-13-15(26)10-14(17-21-7-3-8-22-17)23-16(13)19-25-24-18(27-19)12-4-2-6-20-11-12/h2-11H,1H3. The number of aryl methyl sites for hydroxylation is 1.